The number of hydrogen-bond donors (Lipinski definition) is 0. The summed E-state index contributed by atoms with van der Waals surface area (Å²) in [6.07, 6.45) is 3.50. The van der Waals surface area contributed by atoms with Crippen LogP contribution in [0, 0.1) is 17.6 Å². The zero-order chi connectivity index (χ0) is 30.4. The van der Waals surface area contributed by atoms with Crippen molar-refractivity contribution >= 4 is 23.4 Å². The molecule has 3 heterocycles. The van der Waals surface area contributed by atoms with Crippen molar-refractivity contribution in [2.24, 2.45) is 5.92 Å². The standard InChI is InChI=1S/C34H44ClF2N3O2/c1-6-33(2,3)40-20-27(26-11-9-24(36)19-30(26)37)28(21-40)31(41)38-16-12-22(13-17-38)25-10-8-23(35)18-29(25)34(4,5)32(42)39-14-7-15-39/h8-11,18-19,22,27-28H,6-7,12-17,20-21H2,1-5H3/t27?,28-/m1/s1. The van der Waals surface area contributed by atoms with E-state index < -0.39 is 23.0 Å². The molecule has 2 amide bonds. The number of amides is 2. The third-order valence-corrected chi connectivity index (χ3v) is 10.6. The fourth-order valence-electron chi connectivity index (χ4n) is 6.99. The van der Waals surface area contributed by atoms with Gasteiger partial charge in [-0.25, -0.2) is 8.78 Å². The molecule has 8 heteroatoms. The van der Waals surface area contributed by atoms with Crippen LogP contribution in [0.25, 0.3) is 0 Å². The molecule has 5 rings (SSSR count). The lowest BCUT2D eigenvalue weighted by Gasteiger charge is -2.40. The highest BCUT2D eigenvalue weighted by Crippen LogP contribution is 2.42. The van der Waals surface area contributed by atoms with E-state index in [1.165, 1.54) is 12.1 Å². The number of likely N-dealkylation sites (tertiary alicyclic amines) is 3. The van der Waals surface area contributed by atoms with E-state index >= 15 is 4.39 Å². The van der Waals surface area contributed by atoms with Crippen molar-refractivity contribution < 1.29 is 18.4 Å². The van der Waals surface area contributed by atoms with Gasteiger partial charge in [0.2, 0.25) is 11.8 Å². The maximum absolute atomic E-state index is 15.0. The molecule has 0 spiro atoms. The Labute approximate surface area is 254 Å². The molecule has 3 aliphatic rings. The molecule has 3 fully saturated rings. The van der Waals surface area contributed by atoms with Gasteiger partial charge < -0.3 is 9.80 Å². The molecule has 2 aromatic rings. The summed E-state index contributed by atoms with van der Waals surface area (Å²) in [4.78, 5) is 33.6. The second-order valence-electron chi connectivity index (χ2n) is 13.6. The molecule has 5 nitrogen and oxygen atoms in total. The number of carbonyl (C=O) groups excluding carboxylic acids is 2. The van der Waals surface area contributed by atoms with Crippen LogP contribution in [0.15, 0.2) is 36.4 Å². The Morgan fingerprint density at radius 1 is 0.905 bits per heavy atom. The Morgan fingerprint density at radius 2 is 1.57 bits per heavy atom. The Kier molecular flexibility index (Phi) is 8.75. The Bertz CT molecular complexity index is 1330. The van der Waals surface area contributed by atoms with E-state index in [-0.39, 0.29) is 29.2 Å². The summed E-state index contributed by atoms with van der Waals surface area (Å²) >= 11 is 6.44. The van der Waals surface area contributed by atoms with Crippen LogP contribution in [-0.4, -0.2) is 71.3 Å². The molecule has 3 saturated heterocycles. The van der Waals surface area contributed by atoms with Gasteiger partial charge in [-0.1, -0.05) is 30.7 Å². The molecule has 0 aliphatic carbocycles. The highest BCUT2D eigenvalue weighted by Gasteiger charge is 2.46. The van der Waals surface area contributed by atoms with E-state index in [2.05, 4.69) is 31.7 Å². The number of piperidine rings is 1. The fourth-order valence-corrected chi connectivity index (χ4v) is 7.16. The SMILES string of the molecule is CCC(C)(C)N1CC(c2ccc(F)cc2F)[C@H](C(=O)N2CCC(c3ccc(Cl)cc3C(C)(C)C(=O)N3CCC3)CC2)C1. The van der Waals surface area contributed by atoms with Crippen molar-refractivity contribution in [3.63, 3.8) is 0 Å². The van der Waals surface area contributed by atoms with Crippen LogP contribution < -0.4 is 0 Å². The van der Waals surface area contributed by atoms with Crippen LogP contribution in [0.1, 0.15) is 88.8 Å². The van der Waals surface area contributed by atoms with E-state index in [1.807, 2.05) is 35.8 Å². The molecule has 2 atom stereocenters. The molecular weight excluding hydrogens is 556 g/mol. The fraction of sp³-hybridized carbons (Fsp3) is 0.588. The molecule has 0 N–H and O–H groups in total. The lowest BCUT2D eigenvalue weighted by atomic mass is 9.75. The number of hydrogen-bond acceptors (Lipinski definition) is 3. The molecule has 0 saturated carbocycles. The average Bonchev–Trinajstić information content (AvgIpc) is 3.38. The van der Waals surface area contributed by atoms with Crippen LogP contribution in [-0.2, 0) is 15.0 Å². The zero-order valence-corrected chi connectivity index (χ0v) is 26.3. The first-order chi connectivity index (χ1) is 19.8. The van der Waals surface area contributed by atoms with Crippen molar-refractivity contribution in [2.45, 2.75) is 83.1 Å². The maximum atomic E-state index is 15.0. The van der Waals surface area contributed by atoms with Crippen LogP contribution in [0.3, 0.4) is 0 Å². The van der Waals surface area contributed by atoms with Crippen LogP contribution >= 0.6 is 11.6 Å². The summed E-state index contributed by atoms with van der Waals surface area (Å²) in [5.41, 5.74) is 1.69. The quantitative estimate of drug-likeness (QED) is 0.354. The Balaban J connectivity index is 1.34. The molecule has 0 radical (unpaired) electrons. The molecule has 42 heavy (non-hydrogen) atoms. The average molecular weight is 600 g/mol. The van der Waals surface area contributed by atoms with Crippen LogP contribution in [0.5, 0.6) is 0 Å². The van der Waals surface area contributed by atoms with E-state index in [0.717, 1.165) is 56.0 Å². The van der Waals surface area contributed by atoms with Gasteiger partial charge in [-0.3, -0.25) is 14.5 Å². The van der Waals surface area contributed by atoms with E-state index in [4.69, 9.17) is 11.6 Å². The van der Waals surface area contributed by atoms with Gasteiger partial charge in [0.25, 0.3) is 0 Å². The van der Waals surface area contributed by atoms with Crippen molar-refractivity contribution in [1.29, 1.82) is 0 Å². The Hall–Kier alpha value is -2.51. The van der Waals surface area contributed by atoms with Gasteiger partial charge in [-0.05, 0) is 94.2 Å². The predicted molar refractivity (Wildman–Crippen MR) is 163 cm³/mol. The lowest BCUT2D eigenvalue weighted by Crippen LogP contribution is -2.50. The molecule has 228 valence electrons. The Morgan fingerprint density at radius 3 is 2.17 bits per heavy atom. The summed E-state index contributed by atoms with van der Waals surface area (Å²) in [7, 11) is 0. The minimum atomic E-state index is -0.695. The van der Waals surface area contributed by atoms with E-state index in [0.29, 0.717) is 36.8 Å². The number of benzene rings is 2. The molecule has 2 aromatic carbocycles. The van der Waals surface area contributed by atoms with Gasteiger partial charge in [-0.15, -0.1) is 0 Å². The van der Waals surface area contributed by atoms with Gasteiger partial charge in [0.1, 0.15) is 11.6 Å². The molecule has 0 aromatic heterocycles. The van der Waals surface area contributed by atoms with Crippen molar-refractivity contribution in [2.75, 3.05) is 39.3 Å². The number of rotatable bonds is 7. The predicted octanol–water partition coefficient (Wildman–Crippen LogP) is 6.74. The molecule has 1 unspecified atom stereocenters. The van der Waals surface area contributed by atoms with E-state index in [9.17, 15) is 14.0 Å². The number of nitrogens with zero attached hydrogens (tertiary/aromatic N) is 3. The summed E-state index contributed by atoms with van der Waals surface area (Å²) in [5.74, 6) is -1.55. The van der Waals surface area contributed by atoms with Gasteiger partial charge >= 0.3 is 0 Å². The normalized spacial score (nSPS) is 22.4. The maximum Gasteiger partial charge on any atom is 0.232 e. The number of carbonyl (C=O) groups is 2. The second kappa shape index (κ2) is 11.9. The smallest absolute Gasteiger partial charge is 0.232 e. The summed E-state index contributed by atoms with van der Waals surface area (Å²) in [6, 6.07) is 9.61. The van der Waals surface area contributed by atoms with Crippen molar-refractivity contribution in [3.8, 4) is 0 Å². The third kappa shape index (κ3) is 5.84. The molecular formula is C34H44ClF2N3O2. The van der Waals surface area contributed by atoms with E-state index in [1.54, 1.807) is 0 Å². The van der Waals surface area contributed by atoms with Crippen molar-refractivity contribution in [1.82, 2.24) is 14.7 Å². The topological polar surface area (TPSA) is 43.9 Å². The number of halogens is 3. The van der Waals surface area contributed by atoms with Gasteiger partial charge in [-0.2, -0.15) is 0 Å². The van der Waals surface area contributed by atoms with Gasteiger partial charge in [0.15, 0.2) is 0 Å². The van der Waals surface area contributed by atoms with Crippen LogP contribution in [0.2, 0.25) is 5.02 Å². The van der Waals surface area contributed by atoms with Crippen LogP contribution in [0.4, 0.5) is 8.78 Å². The summed E-state index contributed by atoms with van der Waals surface area (Å²) in [5, 5.41) is 0.616. The lowest BCUT2D eigenvalue weighted by molar-refractivity contribution is -0.139. The monoisotopic (exact) mass is 599 g/mol. The zero-order valence-electron chi connectivity index (χ0n) is 25.6. The first-order valence-electron chi connectivity index (χ1n) is 15.4. The first-order valence-corrected chi connectivity index (χ1v) is 15.8. The van der Waals surface area contributed by atoms with Gasteiger partial charge in [0.05, 0.1) is 11.3 Å². The second-order valence-corrected chi connectivity index (χ2v) is 14.0. The summed E-state index contributed by atoms with van der Waals surface area (Å²) < 4.78 is 28.8. The summed E-state index contributed by atoms with van der Waals surface area (Å²) in [6.45, 7) is 14.3. The molecule has 3 aliphatic heterocycles. The van der Waals surface area contributed by atoms with Gasteiger partial charge in [0, 0.05) is 61.8 Å². The minimum Gasteiger partial charge on any atom is -0.342 e. The highest BCUT2D eigenvalue weighted by molar-refractivity contribution is 6.30. The largest absolute Gasteiger partial charge is 0.342 e. The first kappa shape index (κ1) is 30.9. The molecule has 0 bridgehead atoms. The third-order valence-electron chi connectivity index (χ3n) is 10.3. The minimum absolute atomic E-state index is 0.0428. The van der Waals surface area contributed by atoms with Crippen molar-refractivity contribution in [3.05, 3.63) is 69.7 Å². The highest BCUT2D eigenvalue weighted by atomic mass is 35.5.